The summed E-state index contributed by atoms with van der Waals surface area (Å²) in [5.74, 6) is -23.7. The van der Waals surface area contributed by atoms with Gasteiger partial charge in [0, 0.05) is 33.5 Å². The van der Waals surface area contributed by atoms with Gasteiger partial charge in [-0.3, -0.25) is 0 Å². The van der Waals surface area contributed by atoms with Gasteiger partial charge in [-0.1, -0.05) is 210 Å². The summed E-state index contributed by atoms with van der Waals surface area (Å²) in [5.41, 5.74) is 1.81. The van der Waals surface area contributed by atoms with E-state index in [1.165, 1.54) is 0 Å². The maximum atomic E-state index is 16.6. The van der Waals surface area contributed by atoms with Crippen LogP contribution in [0.4, 0.5) is 48.3 Å². The molecule has 0 fully saturated rings. The van der Waals surface area contributed by atoms with Crippen LogP contribution in [0.1, 0.15) is 139 Å². The lowest BCUT2D eigenvalue weighted by molar-refractivity contribution is -0.143. The average Bonchev–Trinajstić information content (AvgIpc) is 3.64. The highest BCUT2D eigenvalue weighted by Crippen LogP contribution is 2.48. The molecule has 1 aromatic heterocycles. The van der Waals surface area contributed by atoms with E-state index in [-0.39, 0.29) is 44.6 Å². The molecule has 0 saturated heterocycles. The summed E-state index contributed by atoms with van der Waals surface area (Å²) in [6.07, 6.45) is -4.14. The van der Waals surface area contributed by atoms with Crippen LogP contribution in [-0.4, -0.2) is 17.4 Å². The molecule has 16 heteroatoms. The Bertz CT molecular complexity index is 3910. The first-order chi connectivity index (χ1) is 39.6. The molecule has 2 heterocycles. The van der Waals surface area contributed by atoms with Crippen LogP contribution in [-0.2, 0) is 27.8 Å². The second-order valence-corrected chi connectivity index (χ2v) is 25.3. The molecule has 0 radical (unpaired) electrons. The van der Waals surface area contributed by atoms with Crippen molar-refractivity contribution in [3.8, 4) is 33.9 Å². The van der Waals surface area contributed by atoms with Crippen molar-refractivity contribution in [2.45, 2.75) is 118 Å². The molecule has 0 amide bonds. The highest BCUT2D eigenvalue weighted by molar-refractivity contribution is 6.46. The van der Waals surface area contributed by atoms with Gasteiger partial charge in [-0.2, -0.15) is 30.7 Å². The van der Waals surface area contributed by atoms with Gasteiger partial charge >= 0.3 is 13.4 Å². The van der Waals surface area contributed by atoms with Crippen molar-refractivity contribution in [3.05, 3.63) is 248 Å². The van der Waals surface area contributed by atoms with Crippen LogP contribution in [0.2, 0.25) is 0 Å². The largest absolute Gasteiger partial charge is 0.743 e. The molecule has 0 aliphatic carbocycles. The molecule has 4 nitrogen and oxygen atoms in total. The van der Waals surface area contributed by atoms with Gasteiger partial charge in [0.25, 0.3) is 0 Å². The van der Waals surface area contributed by atoms with Crippen molar-refractivity contribution in [1.82, 2.24) is 4.48 Å². The maximum absolute atomic E-state index is 16.6. The first-order valence-corrected chi connectivity index (χ1v) is 27.5. The molecule has 8 aromatic rings. The Morgan fingerprint density at radius 1 is 0.447 bits per heavy atom. The Morgan fingerprint density at radius 2 is 0.824 bits per heavy atom. The van der Waals surface area contributed by atoms with Crippen molar-refractivity contribution in [2.24, 2.45) is 4.99 Å². The molecule has 7 aromatic carbocycles. The van der Waals surface area contributed by atoms with Crippen molar-refractivity contribution in [1.29, 1.82) is 0 Å². The molecular weight excluding hydrogens is 1110 g/mol. The van der Waals surface area contributed by atoms with Gasteiger partial charge in [0.15, 0.2) is 34.8 Å². The average molecular weight is 1170 g/mol. The SMILES string of the molecule is Cc1c(F)c(F)c(OB(Oc2c(F)c(F)c(C(F)(F)F)c(F)c2F)n2c(-c3ccc(C(C)(C)C)cc3)cc(-c3ccc(C(C)(C)C)cc3)c2/C(=C2\N=C(c3ccc(C(C)(C)C)cc3)C=C2c2ccc(C(C)(C)C)cc2)c2ccccc2)c(F)c1F. The predicted molar refractivity (Wildman–Crippen MR) is 315 cm³/mol. The van der Waals surface area contributed by atoms with Crippen LogP contribution in [0.15, 0.2) is 150 Å². The lowest BCUT2D eigenvalue weighted by atomic mass is 9.84. The van der Waals surface area contributed by atoms with Crippen molar-refractivity contribution in [2.75, 3.05) is 0 Å². The topological polar surface area (TPSA) is 35.8 Å². The second kappa shape index (κ2) is 22.4. The fourth-order valence-electron chi connectivity index (χ4n) is 10.1. The van der Waals surface area contributed by atoms with E-state index in [1.807, 2.05) is 108 Å². The molecule has 1 aliphatic rings. The number of aromatic nitrogens is 1. The quantitative estimate of drug-likeness (QED) is 0.0735. The molecular formula is C69H62BF11N2O2. The number of aliphatic imine (C=N–C) groups is 1. The van der Waals surface area contributed by atoms with Gasteiger partial charge in [0.2, 0.25) is 23.3 Å². The summed E-state index contributed by atoms with van der Waals surface area (Å²) in [6.45, 7) is 24.9. The zero-order valence-corrected chi connectivity index (χ0v) is 49.2. The highest BCUT2D eigenvalue weighted by Gasteiger charge is 2.46. The van der Waals surface area contributed by atoms with Crippen LogP contribution in [0.3, 0.4) is 0 Å². The van der Waals surface area contributed by atoms with Crippen molar-refractivity contribution >= 4 is 24.1 Å². The third kappa shape index (κ3) is 12.0. The number of nitrogens with zero attached hydrogens (tertiary/aromatic N) is 2. The first-order valence-electron chi connectivity index (χ1n) is 27.5. The van der Waals surface area contributed by atoms with E-state index in [0.29, 0.717) is 33.5 Å². The first kappa shape index (κ1) is 61.4. The fourth-order valence-corrected chi connectivity index (χ4v) is 10.1. The smallest absolute Gasteiger partial charge is 0.502 e. The summed E-state index contributed by atoms with van der Waals surface area (Å²) in [4.78, 5) is 5.41. The normalized spacial score (nSPS) is 13.9. The molecule has 0 bridgehead atoms. The minimum absolute atomic E-state index is 0.0908. The Labute approximate surface area is 488 Å². The van der Waals surface area contributed by atoms with E-state index in [9.17, 15) is 13.2 Å². The number of halogens is 11. The number of benzene rings is 7. The van der Waals surface area contributed by atoms with E-state index in [0.717, 1.165) is 33.7 Å². The van der Waals surface area contributed by atoms with Gasteiger partial charge in [-0.05, 0) is 85.2 Å². The number of allylic oxidation sites excluding steroid dienone is 2. The zero-order chi connectivity index (χ0) is 62.2. The molecule has 9 rings (SSSR count). The maximum Gasteiger partial charge on any atom is 0.743 e. The van der Waals surface area contributed by atoms with E-state index in [1.54, 1.807) is 72.8 Å². The van der Waals surface area contributed by atoms with Crippen LogP contribution in [0, 0.1) is 53.5 Å². The number of rotatable bonds is 11. The minimum atomic E-state index is -6.00. The van der Waals surface area contributed by atoms with Gasteiger partial charge in [-0.15, -0.1) is 0 Å². The number of alkyl halides is 3. The van der Waals surface area contributed by atoms with E-state index < -0.39 is 93.4 Å². The molecule has 0 atom stereocenters. The summed E-state index contributed by atoms with van der Waals surface area (Å²) in [7, 11) is -2.97. The second-order valence-electron chi connectivity index (χ2n) is 25.3. The predicted octanol–water partition coefficient (Wildman–Crippen LogP) is 19.8. The van der Waals surface area contributed by atoms with Crippen LogP contribution < -0.4 is 9.31 Å². The van der Waals surface area contributed by atoms with Gasteiger partial charge < -0.3 is 13.8 Å². The summed E-state index contributed by atoms with van der Waals surface area (Å²) >= 11 is 0. The monoisotopic (exact) mass is 1170 g/mol. The molecule has 1 aliphatic heterocycles. The molecule has 0 unspecified atom stereocenters. The van der Waals surface area contributed by atoms with Gasteiger partial charge in [0.1, 0.15) is 5.56 Å². The number of hydrogen-bond acceptors (Lipinski definition) is 3. The Kier molecular flexibility index (Phi) is 16.2. The summed E-state index contributed by atoms with van der Waals surface area (Å²) < 4.78 is 185. The third-order valence-electron chi connectivity index (χ3n) is 15.2. The van der Waals surface area contributed by atoms with E-state index in [2.05, 4.69) is 41.5 Å². The van der Waals surface area contributed by atoms with Gasteiger partial charge in [-0.25, -0.2) is 22.6 Å². The van der Waals surface area contributed by atoms with E-state index in [4.69, 9.17) is 14.3 Å². The lowest BCUT2D eigenvalue weighted by Gasteiger charge is -2.26. The van der Waals surface area contributed by atoms with Crippen molar-refractivity contribution in [3.63, 3.8) is 0 Å². The van der Waals surface area contributed by atoms with E-state index >= 15 is 35.1 Å². The van der Waals surface area contributed by atoms with Crippen LogP contribution >= 0.6 is 0 Å². The standard InChI is InChI=1S/C69H62BF11N2O2/c1-37-53(71)57(75)63(58(76)54(37)72)84-70(85-64-59(77)55(73)52(69(79,80)81)56(74)60(64)78)83-50(41-25-33-46(34-26-41)68(11,12)13)36-48(39-21-29-44(30-22-39)66(5,6)7)62(83)51(42-17-15-14-16-18-42)61-47(38-19-27-43(28-20-38)65(2,3)4)35-49(82-61)40-23-31-45(32-24-40)67(8,9)10/h14-36H,1-13H3/b61-51-. The molecule has 0 saturated carbocycles. The number of hydrogen-bond donors (Lipinski definition) is 0. The molecule has 440 valence electrons. The Hall–Kier alpha value is -8.14. The van der Waals surface area contributed by atoms with Crippen molar-refractivity contribution < 1.29 is 57.6 Å². The van der Waals surface area contributed by atoms with Crippen LogP contribution in [0.5, 0.6) is 11.5 Å². The molecule has 0 N–H and O–H groups in total. The highest BCUT2D eigenvalue weighted by atomic mass is 19.4. The Morgan fingerprint density at radius 3 is 1.22 bits per heavy atom. The fraction of sp³-hybridized carbons (Fsp3) is 0.261. The summed E-state index contributed by atoms with van der Waals surface area (Å²) in [5, 5.41) is 0. The van der Waals surface area contributed by atoms with Gasteiger partial charge in [0.05, 0.1) is 17.1 Å². The lowest BCUT2D eigenvalue weighted by Crippen LogP contribution is -2.41. The Balaban J connectivity index is 1.52. The molecule has 0 spiro atoms. The molecule has 85 heavy (non-hydrogen) atoms. The summed E-state index contributed by atoms with van der Waals surface area (Å²) in [6, 6.07) is 39.6. The minimum Gasteiger partial charge on any atom is -0.502 e. The third-order valence-corrected chi connectivity index (χ3v) is 15.2. The zero-order valence-electron chi connectivity index (χ0n) is 49.2. The van der Waals surface area contributed by atoms with Crippen LogP contribution in [0.25, 0.3) is 33.5 Å².